The monoisotopic (exact) mass is 252 g/mol. The molecule has 0 aliphatic rings. The predicted octanol–water partition coefficient (Wildman–Crippen LogP) is 3.84. The number of aryl methyl sites for hydroxylation is 1. The van der Waals surface area contributed by atoms with Gasteiger partial charge in [0.25, 0.3) is 0 Å². The lowest BCUT2D eigenvalue weighted by molar-refractivity contribution is 1.11. The van der Waals surface area contributed by atoms with E-state index in [0.717, 1.165) is 21.4 Å². The third kappa shape index (κ3) is 2.06. The molecule has 0 unspecified atom stereocenters. The average molecular weight is 253 g/mol. The highest BCUT2D eigenvalue weighted by Gasteiger charge is 2.12. The van der Waals surface area contributed by atoms with E-state index in [4.69, 9.17) is 11.6 Å². The predicted molar refractivity (Wildman–Crippen MR) is 71.6 cm³/mol. The fourth-order valence-electron chi connectivity index (χ4n) is 1.48. The highest BCUT2D eigenvalue weighted by molar-refractivity contribution is 7.16. The molecule has 0 spiro atoms. The van der Waals surface area contributed by atoms with E-state index >= 15 is 0 Å². The smallest absolute Gasteiger partial charge is 0.185 e. The molecule has 1 aromatic carbocycles. The molecule has 0 bridgehead atoms. The molecule has 1 heterocycles. The van der Waals surface area contributed by atoms with E-state index < -0.39 is 0 Å². The molecule has 0 saturated carbocycles. The zero-order chi connectivity index (χ0) is 11.7. The van der Waals surface area contributed by atoms with Gasteiger partial charge in [0.2, 0.25) is 0 Å². The minimum absolute atomic E-state index is 0.751. The highest BCUT2D eigenvalue weighted by atomic mass is 35.5. The molecule has 2 aromatic rings. The van der Waals surface area contributed by atoms with Gasteiger partial charge in [0.05, 0.1) is 5.69 Å². The normalized spacial score (nSPS) is 10.5. The molecule has 2 rings (SSSR count). The van der Waals surface area contributed by atoms with Gasteiger partial charge in [0.1, 0.15) is 0 Å². The maximum Gasteiger partial charge on any atom is 0.185 e. The summed E-state index contributed by atoms with van der Waals surface area (Å²) in [5, 5.41) is 1.76. The van der Waals surface area contributed by atoms with E-state index in [9.17, 15) is 0 Å². The lowest BCUT2D eigenvalue weighted by Crippen LogP contribution is -2.07. The van der Waals surface area contributed by atoms with Crippen LogP contribution in [0.3, 0.4) is 0 Å². The van der Waals surface area contributed by atoms with Crippen LogP contribution in [0.5, 0.6) is 0 Å². The standard InChI is InChI=1S/C12H13ClN2S/c1-8-11(14-12(16-8)15(2)3)9-6-4-5-7-10(9)13/h4-7H,1-3H3. The van der Waals surface area contributed by atoms with Gasteiger partial charge in [-0.3, -0.25) is 0 Å². The van der Waals surface area contributed by atoms with Gasteiger partial charge in [-0.15, -0.1) is 11.3 Å². The zero-order valence-corrected chi connectivity index (χ0v) is 11.1. The van der Waals surface area contributed by atoms with Gasteiger partial charge >= 0.3 is 0 Å². The molecule has 0 fully saturated rings. The first-order chi connectivity index (χ1) is 7.59. The molecule has 84 valence electrons. The third-order valence-electron chi connectivity index (χ3n) is 2.30. The van der Waals surface area contributed by atoms with Crippen LogP contribution in [-0.2, 0) is 0 Å². The Morgan fingerprint density at radius 2 is 1.94 bits per heavy atom. The first-order valence-corrected chi connectivity index (χ1v) is 6.18. The maximum absolute atomic E-state index is 6.17. The van der Waals surface area contributed by atoms with E-state index in [1.807, 2.05) is 43.3 Å². The average Bonchev–Trinajstić information content (AvgIpc) is 2.61. The lowest BCUT2D eigenvalue weighted by Gasteiger charge is -2.05. The number of aromatic nitrogens is 1. The molecule has 0 amide bonds. The Bertz CT molecular complexity index is 505. The van der Waals surface area contributed by atoms with Crippen LogP contribution in [0.4, 0.5) is 5.13 Å². The Morgan fingerprint density at radius 3 is 2.50 bits per heavy atom. The Kier molecular flexibility index (Phi) is 3.17. The van der Waals surface area contributed by atoms with E-state index in [1.54, 1.807) is 11.3 Å². The Morgan fingerprint density at radius 1 is 1.25 bits per heavy atom. The molecule has 1 aromatic heterocycles. The number of thiazole rings is 1. The molecule has 0 radical (unpaired) electrons. The van der Waals surface area contributed by atoms with Gasteiger partial charge in [0, 0.05) is 29.6 Å². The number of halogens is 1. The molecule has 4 heteroatoms. The van der Waals surface area contributed by atoms with Crippen LogP contribution >= 0.6 is 22.9 Å². The Balaban J connectivity index is 2.52. The Hall–Kier alpha value is -1.06. The number of nitrogens with zero attached hydrogens (tertiary/aromatic N) is 2. The molecular formula is C12H13ClN2S. The largest absolute Gasteiger partial charge is 0.354 e. The molecule has 2 nitrogen and oxygen atoms in total. The van der Waals surface area contributed by atoms with Crippen LogP contribution in [0.25, 0.3) is 11.3 Å². The van der Waals surface area contributed by atoms with Crippen molar-refractivity contribution in [3.05, 3.63) is 34.2 Å². The van der Waals surface area contributed by atoms with Crippen LogP contribution < -0.4 is 4.90 Å². The summed E-state index contributed by atoms with van der Waals surface area (Å²) in [6.45, 7) is 2.07. The number of benzene rings is 1. The third-order valence-corrected chi connectivity index (χ3v) is 3.76. The summed E-state index contributed by atoms with van der Waals surface area (Å²) in [5.41, 5.74) is 1.99. The van der Waals surface area contributed by atoms with Crippen molar-refractivity contribution in [2.45, 2.75) is 6.92 Å². The summed E-state index contributed by atoms with van der Waals surface area (Å²) in [4.78, 5) is 7.80. The van der Waals surface area contributed by atoms with Gasteiger partial charge in [-0.05, 0) is 13.0 Å². The summed E-state index contributed by atoms with van der Waals surface area (Å²) >= 11 is 7.85. The van der Waals surface area contributed by atoms with Gasteiger partial charge in [0.15, 0.2) is 5.13 Å². The van der Waals surface area contributed by atoms with Crippen molar-refractivity contribution in [3.8, 4) is 11.3 Å². The maximum atomic E-state index is 6.17. The van der Waals surface area contributed by atoms with Gasteiger partial charge in [-0.2, -0.15) is 0 Å². The van der Waals surface area contributed by atoms with Crippen molar-refractivity contribution in [2.75, 3.05) is 19.0 Å². The van der Waals surface area contributed by atoms with E-state index in [1.165, 1.54) is 4.88 Å². The second-order valence-corrected chi connectivity index (χ2v) is 5.36. The van der Waals surface area contributed by atoms with E-state index in [-0.39, 0.29) is 0 Å². The molecule has 0 saturated heterocycles. The Labute approximate surface area is 105 Å². The van der Waals surface area contributed by atoms with E-state index in [0.29, 0.717) is 0 Å². The summed E-state index contributed by atoms with van der Waals surface area (Å²) in [6.07, 6.45) is 0. The molecule has 0 aliphatic heterocycles. The van der Waals surface area contributed by atoms with Crippen LogP contribution in [-0.4, -0.2) is 19.1 Å². The minimum atomic E-state index is 0.751. The van der Waals surface area contributed by atoms with Crippen molar-refractivity contribution < 1.29 is 0 Å². The first-order valence-electron chi connectivity index (χ1n) is 4.99. The number of rotatable bonds is 2. The molecule has 0 N–H and O–H groups in total. The van der Waals surface area contributed by atoms with Crippen molar-refractivity contribution in [3.63, 3.8) is 0 Å². The van der Waals surface area contributed by atoms with E-state index in [2.05, 4.69) is 11.9 Å². The quantitative estimate of drug-likeness (QED) is 0.807. The van der Waals surface area contributed by atoms with Crippen LogP contribution in [0, 0.1) is 6.92 Å². The summed E-state index contributed by atoms with van der Waals surface area (Å²) < 4.78 is 0. The van der Waals surface area contributed by atoms with Crippen molar-refractivity contribution in [1.82, 2.24) is 4.98 Å². The SMILES string of the molecule is Cc1sc(N(C)C)nc1-c1ccccc1Cl. The highest BCUT2D eigenvalue weighted by Crippen LogP contribution is 2.34. The van der Waals surface area contributed by atoms with Crippen LogP contribution in [0.1, 0.15) is 4.88 Å². The number of hydrogen-bond acceptors (Lipinski definition) is 3. The fourth-order valence-corrected chi connectivity index (χ4v) is 2.55. The number of anilines is 1. The van der Waals surface area contributed by atoms with Gasteiger partial charge < -0.3 is 4.90 Å². The first kappa shape index (κ1) is 11.4. The van der Waals surface area contributed by atoms with Crippen LogP contribution in [0.2, 0.25) is 5.02 Å². The van der Waals surface area contributed by atoms with Crippen molar-refractivity contribution in [1.29, 1.82) is 0 Å². The zero-order valence-electron chi connectivity index (χ0n) is 9.49. The second kappa shape index (κ2) is 4.44. The molecular weight excluding hydrogens is 240 g/mol. The second-order valence-electron chi connectivity index (χ2n) is 3.78. The topological polar surface area (TPSA) is 16.1 Å². The summed E-state index contributed by atoms with van der Waals surface area (Å²) in [7, 11) is 3.99. The summed E-state index contributed by atoms with van der Waals surface area (Å²) in [5.74, 6) is 0. The van der Waals surface area contributed by atoms with Crippen molar-refractivity contribution >= 4 is 28.1 Å². The summed E-state index contributed by atoms with van der Waals surface area (Å²) in [6, 6.07) is 7.81. The number of hydrogen-bond donors (Lipinski definition) is 0. The fraction of sp³-hybridized carbons (Fsp3) is 0.250. The molecule has 0 aliphatic carbocycles. The minimum Gasteiger partial charge on any atom is -0.354 e. The lowest BCUT2D eigenvalue weighted by atomic mass is 10.1. The van der Waals surface area contributed by atoms with Crippen LogP contribution in [0.15, 0.2) is 24.3 Å². The van der Waals surface area contributed by atoms with Gasteiger partial charge in [-0.25, -0.2) is 4.98 Å². The van der Waals surface area contributed by atoms with Crippen molar-refractivity contribution in [2.24, 2.45) is 0 Å². The molecule has 0 atom stereocenters. The molecule has 16 heavy (non-hydrogen) atoms. The van der Waals surface area contributed by atoms with Gasteiger partial charge in [-0.1, -0.05) is 29.8 Å².